The number of nitriles is 1. The average Bonchev–Trinajstić information content (AvgIpc) is 3.05. The molecule has 3 rings (SSSR count). The first-order valence-corrected chi connectivity index (χ1v) is 9.49. The molecule has 0 radical (unpaired) electrons. The van der Waals surface area contributed by atoms with Crippen LogP contribution in [-0.2, 0) is 19.7 Å². The van der Waals surface area contributed by atoms with Crippen molar-refractivity contribution in [3.05, 3.63) is 82.9 Å². The lowest BCUT2D eigenvalue weighted by atomic mass is 9.59. The van der Waals surface area contributed by atoms with Gasteiger partial charge in [0, 0.05) is 4.47 Å². The van der Waals surface area contributed by atoms with Crippen LogP contribution in [0, 0.1) is 16.7 Å². The lowest BCUT2D eigenvalue weighted by Gasteiger charge is -2.38. The average molecular weight is 426 g/mol. The summed E-state index contributed by atoms with van der Waals surface area (Å²) >= 11 is 3.41. The number of benzene rings is 2. The zero-order valence-corrected chi connectivity index (χ0v) is 16.6. The van der Waals surface area contributed by atoms with Gasteiger partial charge >= 0.3 is 5.97 Å². The van der Waals surface area contributed by atoms with Crippen LogP contribution in [0.4, 0.5) is 0 Å². The Bertz CT molecular complexity index is 875. The molecular weight excluding hydrogens is 406 g/mol. The molecule has 5 heteroatoms. The maximum Gasteiger partial charge on any atom is 0.330 e. The number of carbonyl (C=O) groups excluding carboxylic acids is 1. The molecule has 1 saturated heterocycles. The Kier molecular flexibility index (Phi) is 5.50. The molecule has 0 spiro atoms. The van der Waals surface area contributed by atoms with Crippen LogP contribution in [0.1, 0.15) is 24.2 Å². The van der Waals surface area contributed by atoms with Gasteiger partial charge in [-0.3, -0.25) is 4.79 Å². The standard InChI is InChI=1S/C22H20BrNO3/c1-3-21(17-8-6-5-7-9-17)15-27-19(16-10-12-18(23)13-11-16)22(21,14-24)20(25)26-4-2/h3,5-13,19H,1,4,15H2,2H3/t19-,21+,22+/m1/s1. The zero-order chi connectivity index (χ0) is 19.5. The summed E-state index contributed by atoms with van der Waals surface area (Å²) in [6.45, 7) is 6.04. The van der Waals surface area contributed by atoms with E-state index in [1.54, 1.807) is 13.0 Å². The van der Waals surface area contributed by atoms with Gasteiger partial charge in [0.2, 0.25) is 0 Å². The highest BCUT2D eigenvalue weighted by atomic mass is 79.9. The first kappa shape index (κ1) is 19.3. The molecule has 138 valence electrons. The van der Waals surface area contributed by atoms with Crippen molar-refractivity contribution in [3.63, 3.8) is 0 Å². The third-order valence-electron chi connectivity index (χ3n) is 5.16. The number of ether oxygens (including phenoxy) is 2. The van der Waals surface area contributed by atoms with E-state index >= 15 is 0 Å². The van der Waals surface area contributed by atoms with Gasteiger partial charge in [0.1, 0.15) is 6.10 Å². The maximum absolute atomic E-state index is 13.2. The van der Waals surface area contributed by atoms with Crippen LogP contribution in [0.5, 0.6) is 0 Å². The van der Waals surface area contributed by atoms with Crippen LogP contribution < -0.4 is 0 Å². The molecule has 1 aliphatic rings. The minimum absolute atomic E-state index is 0.160. The van der Waals surface area contributed by atoms with Gasteiger partial charge in [-0.1, -0.05) is 64.5 Å². The second kappa shape index (κ2) is 7.67. The third-order valence-corrected chi connectivity index (χ3v) is 5.69. The Labute approximate surface area is 167 Å². The highest BCUT2D eigenvalue weighted by molar-refractivity contribution is 9.10. The minimum atomic E-state index is -1.58. The monoisotopic (exact) mass is 425 g/mol. The van der Waals surface area contributed by atoms with Crippen molar-refractivity contribution >= 4 is 21.9 Å². The molecule has 0 amide bonds. The van der Waals surface area contributed by atoms with Gasteiger partial charge in [0.15, 0.2) is 5.41 Å². The van der Waals surface area contributed by atoms with Crippen molar-refractivity contribution in [2.75, 3.05) is 13.2 Å². The molecule has 1 aliphatic heterocycles. The van der Waals surface area contributed by atoms with E-state index < -0.39 is 22.9 Å². The van der Waals surface area contributed by atoms with Gasteiger partial charge in [0.05, 0.1) is 24.7 Å². The molecule has 0 bridgehead atoms. The van der Waals surface area contributed by atoms with Crippen LogP contribution in [0.15, 0.2) is 71.7 Å². The molecule has 2 aromatic rings. The Morgan fingerprint density at radius 3 is 2.56 bits per heavy atom. The van der Waals surface area contributed by atoms with Crippen molar-refractivity contribution < 1.29 is 14.3 Å². The largest absolute Gasteiger partial charge is 0.465 e. The molecule has 1 fully saturated rings. The second-order valence-corrected chi connectivity index (χ2v) is 7.34. The third kappa shape index (κ3) is 2.90. The summed E-state index contributed by atoms with van der Waals surface area (Å²) in [5, 5.41) is 10.3. The summed E-state index contributed by atoms with van der Waals surface area (Å²) < 4.78 is 12.4. The SMILES string of the molecule is C=C[C@@]1(c2ccccc2)CO[C@H](c2ccc(Br)cc2)[C@@]1(C#N)C(=O)OCC. The van der Waals surface area contributed by atoms with E-state index in [4.69, 9.17) is 9.47 Å². The number of carbonyl (C=O) groups is 1. The summed E-state index contributed by atoms with van der Waals surface area (Å²) in [5.74, 6) is -0.596. The Morgan fingerprint density at radius 1 is 1.33 bits per heavy atom. The summed E-state index contributed by atoms with van der Waals surface area (Å²) in [5.41, 5.74) is -1.06. The normalized spacial score (nSPS) is 26.9. The van der Waals surface area contributed by atoms with Gasteiger partial charge < -0.3 is 9.47 Å². The van der Waals surface area contributed by atoms with Gasteiger partial charge in [0.25, 0.3) is 0 Å². The van der Waals surface area contributed by atoms with Crippen LogP contribution in [0.2, 0.25) is 0 Å². The molecule has 3 atom stereocenters. The molecule has 0 N–H and O–H groups in total. The van der Waals surface area contributed by atoms with E-state index in [-0.39, 0.29) is 13.2 Å². The number of esters is 1. The van der Waals surface area contributed by atoms with Crippen LogP contribution in [0.25, 0.3) is 0 Å². The van der Waals surface area contributed by atoms with E-state index in [2.05, 4.69) is 28.6 Å². The molecule has 2 aromatic carbocycles. The predicted molar refractivity (Wildman–Crippen MR) is 106 cm³/mol. The summed E-state index contributed by atoms with van der Waals surface area (Å²) in [4.78, 5) is 13.2. The second-order valence-electron chi connectivity index (χ2n) is 6.42. The smallest absolute Gasteiger partial charge is 0.330 e. The maximum atomic E-state index is 13.2. The van der Waals surface area contributed by atoms with Crippen LogP contribution in [0.3, 0.4) is 0 Å². The molecule has 0 unspecified atom stereocenters. The van der Waals surface area contributed by atoms with Crippen LogP contribution in [-0.4, -0.2) is 19.2 Å². The van der Waals surface area contributed by atoms with E-state index in [1.165, 1.54) is 0 Å². The zero-order valence-electron chi connectivity index (χ0n) is 15.0. The number of halogens is 1. The highest BCUT2D eigenvalue weighted by Crippen LogP contribution is 2.58. The van der Waals surface area contributed by atoms with E-state index in [0.717, 1.165) is 15.6 Å². The summed E-state index contributed by atoms with van der Waals surface area (Å²) in [6.07, 6.45) is 0.884. The van der Waals surface area contributed by atoms with Crippen molar-refractivity contribution in [2.45, 2.75) is 18.4 Å². The molecule has 0 saturated carbocycles. The summed E-state index contributed by atoms with van der Waals surface area (Å²) in [6, 6.07) is 19.1. The molecule has 27 heavy (non-hydrogen) atoms. The number of hydrogen-bond acceptors (Lipinski definition) is 4. The first-order chi connectivity index (χ1) is 13.1. The van der Waals surface area contributed by atoms with Crippen molar-refractivity contribution in [1.82, 2.24) is 0 Å². The highest BCUT2D eigenvalue weighted by Gasteiger charge is 2.67. The molecular formula is C22H20BrNO3. The van der Waals surface area contributed by atoms with Gasteiger partial charge in [-0.25, -0.2) is 0 Å². The Hall–Kier alpha value is -2.42. The van der Waals surface area contributed by atoms with E-state index in [1.807, 2.05) is 54.6 Å². The van der Waals surface area contributed by atoms with Gasteiger partial charge in [-0.05, 0) is 30.2 Å². The van der Waals surface area contributed by atoms with E-state index in [0.29, 0.717) is 0 Å². The summed E-state index contributed by atoms with van der Waals surface area (Å²) in [7, 11) is 0. The molecule has 4 nitrogen and oxygen atoms in total. The predicted octanol–water partition coefficient (Wildman–Crippen LogP) is 4.72. The lowest BCUT2D eigenvalue weighted by Crippen LogP contribution is -2.50. The molecule has 0 aromatic heterocycles. The Morgan fingerprint density at radius 2 is 2.00 bits per heavy atom. The van der Waals surface area contributed by atoms with Gasteiger partial charge in [-0.2, -0.15) is 5.26 Å². The topological polar surface area (TPSA) is 59.3 Å². The molecule has 1 heterocycles. The fraction of sp³-hybridized carbons (Fsp3) is 0.273. The fourth-order valence-corrected chi connectivity index (χ4v) is 4.06. The van der Waals surface area contributed by atoms with Crippen LogP contribution >= 0.6 is 15.9 Å². The van der Waals surface area contributed by atoms with Crippen molar-refractivity contribution in [2.24, 2.45) is 5.41 Å². The van der Waals surface area contributed by atoms with Gasteiger partial charge in [-0.15, -0.1) is 6.58 Å². The minimum Gasteiger partial charge on any atom is -0.465 e. The van der Waals surface area contributed by atoms with Crippen molar-refractivity contribution in [1.29, 1.82) is 5.26 Å². The molecule has 0 aliphatic carbocycles. The number of nitrogens with zero attached hydrogens (tertiary/aromatic N) is 1. The quantitative estimate of drug-likeness (QED) is 0.513. The van der Waals surface area contributed by atoms with E-state index in [9.17, 15) is 10.1 Å². The first-order valence-electron chi connectivity index (χ1n) is 8.70. The Balaban J connectivity index is 2.25. The van der Waals surface area contributed by atoms with Crippen molar-refractivity contribution in [3.8, 4) is 6.07 Å². The lowest BCUT2D eigenvalue weighted by molar-refractivity contribution is -0.156. The fourth-order valence-electron chi connectivity index (χ4n) is 3.79. The number of hydrogen-bond donors (Lipinski definition) is 0. The number of rotatable bonds is 5.